The fraction of sp³-hybridized carbons (Fsp3) is 0.550. The number of aliphatic hydroxyl groups is 1. The monoisotopic (exact) mass is 375 g/mol. The van der Waals surface area contributed by atoms with E-state index in [0.717, 1.165) is 10.8 Å². The Hall–Kier alpha value is -1.63. The molecule has 1 aromatic carbocycles. The van der Waals surface area contributed by atoms with Crippen molar-refractivity contribution < 1.29 is 19.4 Å². The molecule has 6 heteroatoms. The summed E-state index contributed by atoms with van der Waals surface area (Å²) < 4.78 is 11.2. The minimum absolute atomic E-state index is 0.177. The number of carbonyl (C=O) groups excluding carboxylic acids is 1. The molecule has 1 amide bonds. The van der Waals surface area contributed by atoms with Crippen LogP contribution in [0.2, 0.25) is 19.6 Å². The Bertz CT molecular complexity index is 656. The average molecular weight is 376 g/mol. The van der Waals surface area contributed by atoms with Gasteiger partial charge >= 0.3 is 6.09 Å². The minimum Gasteiger partial charge on any atom is -0.445 e. The molecule has 2 atom stereocenters. The van der Waals surface area contributed by atoms with E-state index in [-0.39, 0.29) is 24.8 Å². The molecule has 1 aromatic rings. The zero-order valence-corrected chi connectivity index (χ0v) is 16.9. The summed E-state index contributed by atoms with van der Waals surface area (Å²) in [5, 5.41) is 12.2. The van der Waals surface area contributed by atoms with E-state index in [2.05, 4.69) is 26.2 Å². The molecule has 0 radical (unpaired) electrons. The van der Waals surface area contributed by atoms with Gasteiger partial charge in [-0.1, -0.05) is 55.2 Å². The Morgan fingerprint density at radius 2 is 1.85 bits per heavy atom. The molecular formula is C20H29NO4Si. The lowest BCUT2D eigenvalue weighted by molar-refractivity contribution is -0.118. The van der Waals surface area contributed by atoms with Gasteiger partial charge < -0.3 is 14.6 Å². The molecule has 2 saturated heterocycles. The molecule has 0 aromatic heterocycles. The van der Waals surface area contributed by atoms with Crippen LogP contribution in [-0.4, -0.2) is 55.1 Å². The summed E-state index contributed by atoms with van der Waals surface area (Å²) in [5.74, 6) is 0. The second-order valence-corrected chi connectivity index (χ2v) is 13.6. The molecule has 2 fully saturated rings. The van der Waals surface area contributed by atoms with Crippen LogP contribution in [0.25, 0.3) is 0 Å². The summed E-state index contributed by atoms with van der Waals surface area (Å²) >= 11 is 0. The molecule has 2 aliphatic rings. The second kappa shape index (κ2) is 7.17. The SMILES string of the molecule is C=C(C1(O)CC2COCC(C1)N2C(=O)OCc1ccccc1)[Si](C)(C)C. The maximum atomic E-state index is 12.7. The molecule has 0 aliphatic carbocycles. The highest BCUT2D eigenvalue weighted by molar-refractivity contribution is 6.83. The topological polar surface area (TPSA) is 59.0 Å². The highest BCUT2D eigenvalue weighted by Crippen LogP contribution is 2.41. The van der Waals surface area contributed by atoms with Crippen LogP contribution in [0, 0.1) is 0 Å². The maximum Gasteiger partial charge on any atom is 0.410 e. The molecule has 3 rings (SSSR count). The average Bonchev–Trinajstić information content (AvgIpc) is 2.58. The molecule has 26 heavy (non-hydrogen) atoms. The first-order chi connectivity index (χ1) is 12.2. The van der Waals surface area contributed by atoms with E-state index < -0.39 is 13.7 Å². The van der Waals surface area contributed by atoms with Crippen molar-refractivity contribution in [2.24, 2.45) is 0 Å². The number of amides is 1. The Labute approximate surface area is 156 Å². The lowest BCUT2D eigenvalue weighted by Gasteiger charge is -2.52. The van der Waals surface area contributed by atoms with E-state index in [1.807, 2.05) is 30.3 Å². The number of rotatable bonds is 4. The van der Waals surface area contributed by atoms with Gasteiger partial charge in [0.05, 0.1) is 39.0 Å². The van der Waals surface area contributed by atoms with E-state index in [0.29, 0.717) is 26.1 Å². The summed E-state index contributed by atoms with van der Waals surface area (Å²) in [7, 11) is -1.70. The Balaban J connectivity index is 1.70. The van der Waals surface area contributed by atoms with Crippen LogP contribution in [0.5, 0.6) is 0 Å². The zero-order valence-electron chi connectivity index (χ0n) is 15.9. The quantitative estimate of drug-likeness (QED) is 0.820. The van der Waals surface area contributed by atoms with Crippen molar-refractivity contribution >= 4 is 14.2 Å². The minimum atomic E-state index is -1.70. The number of piperidine rings is 1. The highest BCUT2D eigenvalue weighted by atomic mass is 28.3. The molecule has 0 spiro atoms. The number of hydrogen-bond acceptors (Lipinski definition) is 4. The van der Waals surface area contributed by atoms with Crippen LogP contribution >= 0.6 is 0 Å². The predicted molar refractivity (Wildman–Crippen MR) is 104 cm³/mol. The van der Waals surface area contributed by atoms with Gasteiger partial charge in [-0.15, -0.1) is 6.58 Å². The predicted octanol–water partition coefficient (Wildman–Crippen LogP) is 3.35. The smallest absolute Gasteiger partial charge is 0.410 e. The normalized spacial score (nSPS) is 28.5. The fourth-order valence-electron chi connectivity index (χ4n) is 4.01. The van der Waals surface area contributed by atoms with E-state index in [4.69, 9.17) is 9.47 Å². The number of hydrogen-bond donors (Lipinski definition) is 1. The third-order valence-corrected chi connectivity index (χ3v) is 7.71. The first-order valence-electron chi connectivity index (χ1n) is 9.20. The molecular weight excluding hydrogens is 346 g/mol. The first-order valence-corrected chi connectivity index (χ1v) is 12.7. The van der Waals surface area contributed by atoms with Crippen molar-refractivity contribution in [3.8, 4) is 0 Å². The van der Waals surface area contributed by atoms with E-state index >= 15 is 0 Å². The number of carbonyl (C=O) groups is 1. The number of nitrogens with zero attached hydrogens (tertiary/aromatic N) is 1. The molecule has 2 unspecified atom stereocenters. The van der Waals surface area contributed by atoms with Crippen molar-refractivity contribution in [3.05, 3.63) is 47.7 Å². The molecule has 2 bridgehead atoms. The van der Waals surface area contributed by atoms with Crippen molar-refractivity contribution in [1.82, 2.24) is 4.90 Å². The second-order valence-electron chi connectivity index (χ2n) is 8.46. The van der Waals surface area contributed by atoms with Gasteiger partial charge in [-0.2, -0.15) is 0 Å². The third-order valence-electron chi connectivity index (χ3n) is 5.44. The van der Waals surface area contributed by atoms with E-state index in [1.54, 1.807) is 4.90 Å². The van der Waals surface area contributed by atoms with Crippen LogP contribution in [0.15, 0.2) is 42.1 Å². The van der Waals surface area contributed by atoms with Gasteiger partial charge in [0.25, 0.3) is 0 Å². The van der Waals surface area contributed by atoms with Gasteiger partial charge in [0, 0.05) is 12.8 Å². The van der Waals surface area contributed by atoms with Crippen molar-refractivity contribution in [2.45, 2.75) is 56.8 Å². The van der Waals surface area contributed by atoms with Gasteiger partial charge in [-0.25, -0.2) is 4.79 Å². The molecule has 1 N–H and O–H groups in total. The van der Waals surface area contributed by atoms with Gasteiger partial charge in [0.1, 0.15) is 6.61 Å². The van der Waals surface area contributed by atoms with Crippen LogP contribution in [0.1, 0.15) is 18.4 Å². The summed E-state index contributed by atoms with van der Waals surface area (Å²) in [5.41, 5.74) is 0.0441. The standard InChI is InChI=1S/C20H29NO4Si/c1-15(26(2,3)4)20(23)10-17-13-24-14-18(11-20)21(17)19(22)25-12-16-8-6-5-7-9-16/h5-9,17-18,23H,1,10-14H2,2-4H3. The van der Waals surface area contributed by atoms with Gasteiger partial charge in [-0.3, -0.25) is 4.90 Å². The van der Waals surface area contributed by atoms with Crippen LogP contribution < -0.4 is 0 Å². The summed E-state index contributed by atoms with van der Waals surface area (Å²) in [6.07, 6.45) is 0.605. The molecule has 2 aliphatic heterocycles. The summed E-state index contributed by atoms with van der Waals surface area (Å²) in [6.45, 7) is 11.9. The number of ether oxygens (including phenoxy) is 2. The van der Waals surface area contributed by atoms with Gasteiger partial charge in [0.2, 0.25) is 0 Å². The number of fused-ring (bicyclic) bond motifs is 2. The largest absolute Gasteiger partial charge is 0.445 e. The summed E-state index contributed by atoms with van der Waals surface area (Å²) in [4.78, 5) is 14.5. The molecule has 142 valence electrons. The van der Waals surface area contributed by atoms with Crippen LogP contribution in [-0.2, 0) is 16.1 Å². The fourth-order valence-corrected chi connectivity index (χ4v) is 5.61. The Morgan fingerprint density at radius 1 is 1.27 bits per heavy atom. The first kappa shape index (κ1) is 19.1. The Morgan fingerprint density at radius 3 is 2.38 bits per heavy atom. The number of morpholine rings is 1. The molecule has 2 heterocycles. The molecule has 5 nitrogen and oxygen atoms in total. The zero-order chi connectivity index (χ0) is 18.9. The van der Waals surface area contributed by atoms with Crippen LogP contribution in [0.4, 0.5) is 4.79 Å². The van der Waals surface area contributed by atoms with Gasteiger partial charge in [-0.05, 0) is 5.56 Å². The van der Waals surface area contributed by atoms with E-state index in [1.165, 1.54) is 0 Å². The summed E-state index contributed by atoms with van der Waals surface area (Å²) in [6, 6.07) is 9.30. The lowest BCUT2D eigenvalue weighted by Crippen LogP contribution is -2.65. The lowest BCUT2D eigenvalue weighted by atomic mass is 9.81. The number of benzene rings is 1. The Kier molecular flexibility index (Phi) is 5.28. The van der Waals surface area contributed by atoms with E-state index in [9.17, 15) is 9.90 Å². The maximum absolute atomic E-state index is 12.7. The van der Waals surface area contributed by atoms with Crippen molar-refractivity contribution in [3.63, 3.8) is 0 Å². The molecule has 0 saturated carbocycles. The van der Waals surface area contributed by atoms with Crippen LogP contribution in [0.3, 0.4) is 0 Å². The van der Waals surface area contributed by atoms with Crippen molar-refractivity contribution in [1.29, 1.82) is 0 Å². The van der Waals surface area contributed by atoms with Crippen molar-refractivity contribution in [2.75, 3.05) is 13.2 Å². The third kappa shape index (κ3) is 3.87. The van der Waals surface area contributed by atoms with Gasteiger partial charge in [0.15, 0.2) is 0 Å². The highest BCUT2D eigenvalue weighted by Gasteiger charge is 2.51.